The van der Waals surface area contributed by atoms with Crippen LogP contribution in [0.15, 0.2) is 60.7 Å². The smallest absolute Gasteiger partial charge is 0.296 e. The number of ether oxygens (including phenoxy) is 1. The fraction of sp³-hybridized carbons (Fsp3) is 0.387. The van der Waals surface area contributed by atoms with Crippen LogP contribution < -0.4 is 9.64 Å². The first kappa shape index (κ1) is 28.1. The summed E-state index contributed by atoms with van der Waals surface area (Å²) in [4.78, 5) is 46.9. The Morgan fingerprint density at radius 1 is 1.10 bits per heavy atom. The molecule has 1 fully saturated rings. The largest absolute Gasteiger partial charge is 0.507 e. The number of benzene rings is 2. The topological polar surface area (TPSA) is 90.4 Å². The van der Waals surface area contributed by atoms with Crippen LogP contribution >= 0.6 is 0 Å². The minimum absolute atomic E-state index is 0.187. The quantitative estimate of drug-likeness (QED) is 0.202. The Labute approximate surface area is 230 Å². The molecule has 0 saturated carbocycles. The number of amides is 2. The van der Waals surface area contributed by atoms with E-state index < -0.39 is 17.2 Å². The van der Waals surface area contributed by atoms with Crippen LogP contribution in [0.25, 0.3) is 5.76 Å². The summed E-state index contributed by atoms with van der Waals surface area (Å²) >= 11 is 0. The summed E-state index contributed by atoms with van der Waals surface area (Å²) in [6.45, 7) is 9.16. The third kappa shape index (κ3) is 4.74. The van der Waals surface area contributed by atoms with E-state index in [1.165, 1.54) is 4.90 Å². The highest BCUT2D eigenvalue weighted by molar-refractivity contribution is 6.50. The van der Waals surface area contributed by atoms with Gasteiger partial charge < -0.3 is 24.5 Å². The first-order valence-electron chi connectivity index (χ1n) is 13.4. The van der Waals surface area contributed by atoms with E-state index in [1.54, 1.807) is 41.3 Å². The molecule has 8 nitrogen and oxygen atoms in total. The average Bonchev–Trinajstić information content (AvgIpc) is 3.29. The van der Waals surface area contributed by atoms with Crippen molar-refractivity contribution in [3.63, 3.8) is 0 Å². The molecule has 1 N–H and O–H groups in total. The lowest BCUT2D eigenvalue weighted by Gasteiger charge is -2.35. The molecule has 0 bridgehead atoms. The first-order chi connectivity index (χ1) is 18.7. The first-order valence-corrected chi connectivity index (χ1v) is 13.4. The molecule has 2 aliphatic heterocycles. The monoisotopic (exact) mass is 531 g/mol. The standard InChI is InChI=1S/C31H37N3O5/c1-6-8-17-33-24-13-10-9-12-23(24)31(30(33)38)26(28(36)29(37)34(31)18-11-16-32(4)5)27(35)22-14-15-25(21(3)20-22)39-19-7-2/h7,9-10,12-15,20,35H,2,6,8,11,16-19H2,1,3-5H3/b27-26-. The van der Waals surface area contributed by atoms with E-state index in [-0.39, 0.29) is 23.8 Å². The van der Waals surface area contributed by atoms with Crippen LogP contribution in [0.4, 0.5) is 5.69 Å². The highest BCUT2D eigenvalue weighted by atomic mass is 16.5. The van der Waals surface area contributed by atoms with Crippen LogP contribution in [0.3, 0.4) is 0 Å². The number of rotatable bonds is 11. The van der Waals surface area contributed by atoms with Gasteiger partial charge >= 0.3 is 0 Å². The number of likely N-dealkylation sites (tertiary alicyclic amines) is 1. The third-order valence-corrected chi connectivity index (χ3v) is 7.34. The highest BCUT2D eigenvalue weighted by Gasteiger charge is 2.66. The van der Waals surface area contributed by atoms with Crippen LogP contribution in [0.5, 0.6) is 5.75 Å². The molecule has 39 heavy (non-hydrogen) atoms. The van der Waals surface area contributed by atoms with E-state index in [0.717, 1.165) is 18.4 Å². The van der Waals surface area contributed by atoms with Crippen molar-refractivity contribution in [1.29, 1.82) is 0 Å². The highest BCUT2D eigenvalue weighted by Crippen LogP contribution is 2.53. The molecular weight excluding hydrogens is 494 g/mol. The maximum Gasteiger partial charge on any atom is 0.296 e. The predicted molar refractivity (Wildman–Crippen MR) is 152 cm³/mol. The number of aryl methyl sites for hydroxylation is 1. The fourth-order valence-electron chi connectivity index (χ4n) is 5.50. The van der Waals surface area contributed by atoms with Gasteiger partial charge in [0.05, 0.1) is 11.3 Å². The van der Waals surface area contributed by atoms with Gasteiger partial charge in [-0.2, -0.15) is 0 Å². The molecular formula is C31H37N3O5. The summed E-state index contributed by atoms with van der Waals surface area (Å²) in [5.41, 5.74) is 0.346. The lowest BCUT2D eigenvalue weighted by Crippen LogP contribution is -2.52. The van der Waals surface area contributed by atoms with Gasteiger partial charge in [-0.15, -0.1) is 0 Å². The Bertz CT molecular complexity index is 1330. The van der Waals surface area contributed by atoms with Crippen LogP contribution in [-0.2, 0) is 19.9 Å². The zero-order chi connectivity index (χ0) is 28.3. The Kier molecular flexibility index (Phi) is 8.25. The van der Waals surface area contributed by atoms with E-state index >= 15 is 0 Å². The van der Waals surface area contributed by atoms with Crippen molar-refractivity contribution in [2.45, 2.75) is 38.6 Å². The predicted octanol–water partition coefficient (Wildman–Crippen LogP) is 4.23. The Morgan fingerprint density at radius 3 is 2.51 bits per heavy atom. The maximum absolute atomic E-state index is 14.5. The van der Waals surface area contributed by atoms with Crippen molar-refractivity contribution in [2.75, 3.05) is 45.2 Å². The molecule has 0 aliphatic carbocycles. The molecule has 0 aromatic heterocycles. The van der Waals surface area contributed by atoms with Gasteiger partial charge in [-0.1, -0.05) is 44.2 Å². The third-order valence-electron chi connectivity index (χ3n) is 7.34. The van der Waals surface area contributed by atoms with Crippen molar-refractivity contribution in [3.8, 4) is 5.75 Å². The molecule has 0 radical (unpaired) electrons. The number of hydrogen-bond donors (Lipinski definition) is 1. The van der Waals surface area contributed by atoms with Crippen LogP contribution in [0, 0.1) is 6.92 Å². The summed E-state index contributed by atoms with van der Waals surface area (Å²) in [6, 6.07) is 12.3. The molecule has 1 saturated heterocycles. The van der Waals surface area contributed by atoms with Gasteiger partial charge in [-0.3, -0.25) is 14.4 Å². The molecule has 1 spiro atoms. The summed E-state index contributed by atoms with van der Waals surface area (Å²) in [5, 5.41) is 11.7. The molecule has 1 unspecified atom stereocenters. The van der Waals surface area contributed by atoms with Gasteiger partial charge in [-0.05, 0) is 70.2 Å². The number of anilines is 1. The number of carbonyl (C=O) groups excluding carboxylic acids is 3. The Balaban J connectivity index is 1.94. The van der Waals surface area contributed by atoms with Crippen molar-refractivity contribution in [2.24, 2.45) is 0 Å². The number of para-hydroxylation sites is 1. The van der Waals surface area contributed by atoms with Gasteiger partial charge in [0.1, 0.15) is 18.1 Å². The van der Waals surface area contributed by atoms with Crippen LogP contribution in [0.2, 0.25) is 0 Å². The number of ketones is 1. The summed E-state index contributed by atoms with van der Waals surface area (Å²) in [6.07, 6.45) is 3.82. The number of nitrogens with zero attached hydrogens (tertiary/aromatic N) is 3. The lowest BCUT2D eigenvalue weighted by molar-refractivity contribution is -0.143. The molecule has 2 amide bonds. The number of aliphatic hydroxyl groups excluding tert-OH is 1. The lowest BCUT2D eigenvalue weighted by atomic mass is 9.81. The zero-order valence-electron chi connectivity index (χ0n) is 23.2. The minimum Gasteiger partial charge on any atom is -0.507 e. The molecule has 2 aromatic rings. The number of Topliss-reactive ketones (excluding diaryl/α,β-unsaturated/α-hetero) is 1. The second-order valence-electron chi connectivity index (χ2n) is 10.3. The van der Waals surface area contributed by atoms with Crippen molar-refractivity contribution < 1.29 is 24.2 Å². The molecule has 2 aromatic carbocycles. The van der Waals surface area contributed by atoms with Gasteiger partial charge in [0.15, 0.2) is 5.54 Å². The van der Waals surface area contributed by atoms with E-state index in [0.29, 0.717) is 48.7 Å². The molecule has 4 rings (SSSR count). The molecule has 1 atom stereocenters. The minimum atomic E-state index is -1.74. The van der Waals surface area contributed by atoms with Crippen molar-refractivity contribution in [3.05, 3.63) is 77.4 Å². The Hall–Kier alpha value is -3.91. The average molecular weight is 532 g/mol. The van der Waals surface area contributed by atoms with Gasteiger partial charge in [-0.25, -0.2) is 0 Å². The van der Waals surface area contributed by atoms with Gasteiger partial charge in [0.25, 0.3) is 17.6 Å². The molecule has 2 heterocycles. The van der Waals surface area contributed by atoms with E-state index in [1.807, 2.05) is 45.0 Å². The zero-order valence-corrected chi connectivity index (χ0v) is 23.2. The SMILES string of the molecule is C=CCOc1ccc(/C(O)=C2\C(=O)C(=O)N(CCCN(C)C)C23C(=O)N(CCCC)c2ccccc23)cc1C. The van der Waals surface area contributed by atoms with E-state index in [4.69, 9.17) is 4.74 Å². The summed E-state index contributed by atoms with van der Waals surface area (Å²) in [5.74, 6) is -1.79. The van der Waals surface area contributed by atoms with E-state index in [2.05, 4.69) is 6.58 Å². The second-order valence-corrected chi connectivity index (χ2v) is 10.3. The molecule has 206 valence electrons. The number of fused-ring (bicyclic) bond motifs is 2. The summed E-state index contributed by atoms with van der Waals surface area (Å²) < 4.78 is 5.66. The summed E-state index contributed by atoms with van der Waals surface area (Å²) in [7, 11) is 3.86. The number of aliphatic hydroxyl groups is 1. The van der Waals surface area contributed by atoms with Crippen molar-refractivity contribution >= 4 is 29.0 Å². The van der Waals surface area contributed by atoms with E-state index in [9.17, 15) is 19.5 Å². The fourth-order valence-corrected chi connectivity index (χ4v) is 5.50. The maximum atomic E-state index is 14.5. The number of carbonyl (C=O) groups is 3. The number of hydrogen-bond acceptors (Lipinski definition) is 6. The van der Waals surface area contributed by atoms with Gasteiger partial charge in [0, 0.05) is 24.2 Å². The normalized spacial score (nSPS) is 19.9. The van der Waals surface area contributed by atoms with Crippen LogP contribution in [-0.4, -0.2) is 72.8 Å². The number of unbranched alkanes of at least 4 members (excludes halogenated alkanes) is 1. The van der Waals surface area contributed by atoms with Crippen molar-refractivity contribution in [1.82, 2.24) is 9.80 Å². The van der Waals surface area contributed by atoms with Crippen LogP contribution in [0.1, 0.15) is 42.9 Å². The van der Waals surface area contributed by atoms with Gasteiger partial charge in [0.2, 0.25) is 0 Å². The molecule has 8 heteroatoms. The Morgan fingerprint density at radius 2 is 1.85 bits per heavy atom. The second kappa shape index (κ2) is 11.5. The molecule has 2 aliphatic rings.